The van der Waals surface area contributed by atoms with Crippen molar-refractivity contribution in [2.75, 3.05) is 0 Å². The number of carboxylic acids is 1. The van der Waals surface area contributed by atoms with Crippen LogP contribution in [0.2, 0.25) is 5.02 Å². The monoisotopic (exact) mass is 315 g/mol. The fourth-order valence-corrected chi connectivity index (χ4v) is 2.47. The maximum absolute atomic E-state index is 11.4. The molecule has 1 fully saturated rings. The number of carbonyl (C=O) groups excluding carboxylic acids is 1. The summed E-state index contributed by atoms with van der Waals surface area (Å²) in [6.07, 6.45) is 0. The van der Waals surface area contributed by atoms with E-state index in [0.717, 1.165) is 11.8 Å². The van der Waals surface area contributed by atoms with Gasteiger partial charge in [0, 0.05) is 5.02 Å². The molecule has 2 N–H and O–H groups in total. The van der Waals surface area contributed by atoms with Gasteiger partial charge in [-0.2, -0.15) is 10.2 Å². The first-order chi connectivity index (χ1) is 8.97. The third kappa shape index (κ3) is 3.28. The van der Waals surface area contributed by atoms with E-state index in [2.05, 4.69) is 15.5 Å². The number of thioether (sulfide) groups is 1. The number of nitrogens with zero attached hydrogens (tertiary/aromatic N) is 2. The lowest BCUT2D eigenvalue weighted by atomic mass is 10.2. The minimum atomic E-state index is -1.17. The molecule has 9 heteroatoms. The Morgan fingerprint density at radius 3 is 2.84 bits per heavy atom. The molecule has 0 aliphatic carbocycles. The number of hydrogen-bond acceptors (Lipinski definition) is 6. The van der Waals surface area contributed by atoms with Crippen LogP contribution in [0.3, 0.4) is 0 Å². The third-order valence-electron chi connectivity index (χ3n) is 2.13. The Labute approximate surface area is 122 Å². The molecule has 1 aliphatic heterocycles. The summed E-state index contributed by atoms with van der Waals surface area (Å²) in [6, 6.07) is 4.19. The van der Waals surface area contributed by atoms with E-state index in [1.54, 1.807) is 0 Å². The van der Waals surface area contributed by atoms with Crippen LogP contribution in [-0.4, -0.2) is 26.7 Å². The van der Waals surface area contributed by atoms with Crippen LogP contribution >= 0.6 is 35.6 Å². The summed E-state index contributed by atoms with van der Waals surface area (Å²) in [5.41, 5.74) is 0.0466. The van der Waals surface area contributed by atoms with E-state index in [1.807, 2.05) is 0 Å². The minimum absolute atomic E-state index is 0.0813. The Bertz CT molecular complexity index is 606. The van der Waals surface area contributed by atoms with Gasteiger partial charge < -0.3 is 10.4 Å². The van der Waals surface area contributed by atoms with Crippen molar-refractivity contribution in [3.8, 4) is 0 Å². The minimum Gasteiger partial charge on any atom is -0.478 e. The van der Waals surface area contributed by atoms with Gasteiger partial charge in [0.15, 0.2) is 0 Å². The van der Waals surface area contributed by atoms with Gasteiger partial charge in [0.05, 0.1) is 11.3 Å². The first-order valence-corrected chi connectivity index (χ1v) is 6.59. The number of rotatable bonds is 3. The summed E-state index contributed by atoms with van der Waals surface area (Å²) in [5.74, 6) is -1.54. The standard InChI is InChI=1S/C10H6ClN3O3S2/c11-4-1-2-6(5(3-4)9(16)17)13-14-8-7(15)12-10(18)19-8/h1-3,8H,(H,16,17)(H,12,15,18)/t8-/m1/s1. The van der Waals surface area contributed by atoms with Gasteiger partial charge in [0.1, 0.15) is 4.32 Å². The maximum atomic E-state index is 11.4. The van der Waals surface area contributed by atoms with Crippen LogP contribution in [0.25, 0.3) is 0 Å². The van der Waals surface area contributed by atoms with Gasteiger partial charge in [-0.3, -0.25) is 4.79 Å². The SMILES string of the molecule is O=C(O)c1cc(Cl)ccc1N=N[C@@H]1SC(=S)NC1=O. The number of halogens is 1. The van der Waals surface area contributed by atoms with Gasteiger partial charge in [-0.25, -0.2) is 4.79 Å². The fourth-order valence-electron chi connectivity index (χ4n) is 1.30. The van der Waals surface area contributed by atoms with Crippen molar-refractivity contribution in [2.45, 2.75) is 5.37 Å². The number of carbonyl (C=O) groups is 2. The van der Waals surface area contributed by atoms with Crippen LogP contribution < -0.4 is 5.32 Å². The maximum Gasteiger partial charge on any atom is 0.338 e. The molecule has 1 heterocycles. The second-order valence-corrected chi connectivity index (χ2v) is 5.62. The fraction of sp³-hybridized carbons (Fsp3) is 0.100. The summed E-state index contributed by atoms with van der Waals surface area (Å²) in [5, 5.41) is 18.5. The molecule has 0 saturated carbocycles. The van der Waals surface area contributed by atoms with E-state index in [9.17, 15) is 9.59 Å². The molecule has 1 aromatic rings. The predicted molar refractivity (Wildman–Crippen MR) is 75.0 cm³/mol. The van der Waals surface area contributed by atoms with Crippen LogP contribution in [0.15, 0.2) is 28.4 Å². The molecule has 1 saturated heterocycles. The predicted octanol–water partition coefficient (Wildman–Crippen LogP) is 2.60. The summed E-state index contributed by atoms with van der Waals surface area (Å²) in [4.78, 5) is 22.4. The van der Waals surface area contributed by atoms with Crippen molar-refractivity contribution in [1.29, 1.82) is 0 Å². The van der Waals surface area contributed by atoms with Crippen LogP contribution in [0, 0.1) is 0 Å². The van der Waals surface area contributed by atoms with Crippen molar-refractivity contribution in [3.63, 3.8) is 0 Å². The number of amides is 1. The topological polar surface area (TPSA) is 91.1 Å². The quantitative estimate of drug-likeness (QED) is 0.661. The molecule has 1 atom stereocenters. The van der Waals surface area contributed by atoms with Crippen LogP contribution in [-0.2, 0) is 4.79 Å². The molecule has 2 rings (SSSR count). The molecule has 6 nitrogen and oxygen atoms in total. The smallest absolute Gasteiger partial charge is 0.338 e. The van der Waals surface area contributed by atoms with E-state index < -0.39 is 11.3 Å². The lowest BCUT2D eigenvalue weighted by molar-refractivity contribution is -0.118. The number of benzene rings is 1. The second kappa shape index (κ2) is 5.64. The Morgan fingerprint density at radius 2 is 2.26 bits per heavy atom. The van der Waals surface area contributed by atoms with E-state index in [1.165, 1.54) is 18.2 Å². The van der Waals surface area contributed by atoms with E-state index >= 15 is 0 Å². The van der Waals surface area contributed by atoms with Crippen LogP contribution in [0.5, 0.6) is 0 Å². The highest BCUT2D eigenvalue weighted by molar-refractivity contribution is 8.24. The highest BCUT2D eigenvalue weighted by Gasteiger charge is 2.29. The number of aromatic carboxylic acids is 1. The molecule has 19 heavy (non-hydrogen) atoms. The van der Waals surface area contributed by atoms with Gasteiger partial charge in [-0.05, 0) is 18.2 Å². The summed E-state index contributed by atoms with van der Waals surface area (Å²) >= 11 is 11.6. The zero-order valence-corrected chi connectivity index (χ0v) is 11.6. The molecule has 1 aliphatic rings. The van der Waals surface area contributed by atoms with Crippen molar-refractivity contribution in [2.24, 2.45) is 10.2 Å². The number of thiocarbonyl (C=S) groups is 1. The van der Waals surface area contributed by atoms with Crippen molar-refractivity contribution >= 4 is 57.5 Å². The first kappa shape index (κ1) is 13.9. The van der Waals surface area contributed by atoms with Crippen molar-refractivity contribution in [3.05, 3.63) is 28.8 Å². The molecule has 0 radical (unpaired) electrons. The van der Waals surface area contributed by atoms with Crippen LogP contribution in [0.1, 0.15) is 10.4 Å². The Morgan fingerprint density at radius 1 is 1.53 bits per heavy atom. The lowest BCUT2D eigenvalue weighted by Crippen LogP contribution is -2.22. The highest BCUT2D eigenvalue weighted by Crippen LogP contribution is 2.26. The average Bonchev–Trinajstić information content (AvgIpc) is 2.66. The second-order valence-electron chi connectivity index (χ2n) is 3.43. The summed E-state index contributed by atoms with van der Waals surface area (Å²) in [6.45, 7) is 0. The molecule has 98 valence electrons. The third-order valence-corrected chi connectivity index (χ3v) is 3.60. The average molecular weight is 316 g/mol. The number of nitrogens with one attached hydrogen (secondary N) is 1. The van der Waals surface area contributed by atoms with Gasteiger partial charge >= 0.3 is 5.97 Å². The molecule has 0 unspecified atom stereocenters. The molecular formula is C10H6ClN3O3S2. The molecule has 1 aromatic carbocycles. The van der Waals surface area contributed by atoms with Gasteiger partial charge in [0.25, 0.3) is 5.91 Å². The molecule has 0 bridgehead atoms. The molecule has 1 amide bonds. The molecule has 0 aromatic heterocycles. The Balaban J connectivity index is 2.26. The van der Waals surface area contributed by atoms with E-state index in [-0.39, 0.29) is 22.2 Å². The zero-order valence-electron chi connectivity index (χ0n) is 9.16. The van der Waals surface area contributed by atoms with Gasteiger partial charge in [0.2, 0.25) is 5.37 Å². The Kier molecular flexibility index (Phi) is 4.13. The van der Waals surface area contributed by atoms with Gasteiger partial charge in [-0.1, -0.05) is 35.6 Å². The normalized spacial score (nSPS) is 18.9. The number of hydrogen-bond donors (Lipinski definition) is 2. The van der Waals surface area contributed by atoms with Crippen molar-refractivity contribution < 1.29 is 14.7 Å². The zero-order chi connectivity index (χ0) is 14.0. The lowest BCUT2D eigenvalue weighted by Gasteiger charge is -2.01. The summed E-state index contributed by atoms with van der Waals surface area (Å²) in [7, 11) is 0. The number of carboxylic acid groups (broad SMARTS) is 1. The van der Waals surface area contributed by atoms with E-state index in [4.69, 9.17) is 28.9 Å². The van der Waals surface area contributed by atoms with Crippen LogP contribution in [0.4, 0.5) is 5.69 Å². The largest absolute Gasteiger partial charge is 0.478 e. The number of azo groups is 1. The molecular weight excluding hydrogens is 310 g/mol. The Hall–Kier alpha value is -1.51. The van der Waals surface area contributed by atoms with Gasteiger partial charge in [-0.15, -0.1) is 0 Å². The first-order valence-electron chi connectivity index (χ1n) is 4.92. The highest BCUT2D eigenvalue weighted by atomic mass is 35.5. The molecule has 0 spiro atoms. The van der Waals surface area contributed by atoms with Crippen molar-refractivity contribution in [1.82, 2.24) is 5.32 Å². The van der Waals surface area contributed by atoms with E-state index in [0.29, 0.717) is 4.32 Å². The summed E-state index contributed by atoms with van der Waals surface area (Å²) < 4.78 is 0.323.